The minimum absolute atomic E-state index is 0.803. The van der Waals surface area contributed by atoms with Crippen LogP contribution in [0.3, 0.4) is 0 Å². The Morgan fingerprint density at radius 2 is 1.50 bits per heavy atom. The number of benzene rings is 1. The molecule has 1 aliphatic rings. The molecule has 0 bridgehead atoms. The predicted molar refractivity (Wildman–Crippen MR) is 69.9 cm³/mol. The maximum absolute atomic E-state index is 2.38. The molecule has 0 heterocycles. The number of rotatable bonds is 2. The zero-order chi connectivity index (χ0) is 11.5. The standard InChI is InChI=1S/C15H23N/c1-12-4-6-13(7-5-12)14-8-10-15(11-9-14)16(2)3/h4-7,14-15H,8-11H2,1-3H3. The number of hydrogen-bond acceptors (Lipinski definition) is 1. The monoisotopic (exact) mass is 217 g/mol. The minimum atomic E-state index is 0.803. The summed E-state index contributed by atoms with van der Waals surface area (Å²) in [6, 6.07) is 9.92. The molecule has 1 saturated carbocycles. The van der Waals surface area contributed by atoms with E-state index in [1.54, 1.807) is 5.56 Å². The Balaban J connectivity index is 1.96. The van der Waals surface area contributed by atoms with Gasteiger partial charge in [0.15, 0.2) is 0 Å². The van der Waals surface area contributed by atoms with E-state index in [-0.39, 0.29) is 0 Å². The molecule has 0 aliphatic heterocycles. The topological polar surface area (TPSA) is 3.24 Å². The van der Waals surface area contributed by atoms with Crippen LogP contribution in [0.2, 0.25) is 0 Å². The maximum Gasteiger partial charge on any atom is 0.00896 e. The largest absolute Gasteiger partial charge is 0.306 e. The number of aryl methyl sites for hydroxylation is 1. The third-order valence-electron chi connectivity index (χ3n) is 3.98. The van der Waals surface area contributed by atoms with Crippen molar-refractivity contribution in [2.75, 3.05) is 14.1 Å². The van der Waals surface area contributed by atoms with Crippen LogP contribution in [-0.4, -0.2) is 25.0 Å². The second kappa shape index (κ2) is 5.01. The molecule has 0 radical (unpaired) electrons. The van der Waals surface area contributed by atoms with Gasteiger partial charge in [-0.15, -0.1) is 0 Å². The van der Waals surface area contributed by atoms with Gasteiger partial charge in [0.2, 0.25) is 0 Å². The Kier molecular flexibility index (Phi) is 3.65. The molecule has 1 aliphatic carbocycles. The highest BCUT2D eigenvalue weighted by molar-refractivity contribution is 5.24. The fraction of sp³-hybridized carbons (Fsp3) is 0.600. The van der Waals surface area contributed by atoms with E-state index in [0.29, 0.717) is 0 Å². The third-order valence-corrected chi connectivity index (χ3v) is 3.98. The molecule has 88 valence electrons. The Hall–Kier alpha value is -0.820. The summed E-state index contributed by atoms with van der Waals surface area (Å²) in [5, 5.41) is 0. The van der Waals surface area contributed by atoms with E-state index < -0.39 is 0 Å². The molecule has 1 nitrogen and oxygen atoms in total. The van der Waals surface area contributed by atoms with E-state index >= 15 is 0 Å². The molecule has 0 aromatic heterocycles. The van der Waals surface area contributed by atoms with Gasteiger partial charge in [0.25, 0.3) is 0 Å². The molecule has 1 fully saturated rings. The molecule has 1 aromatic rings. The van der Waals surface area contributed by atoms with Gasteiger partial charge in [-0.1, -0.05) is 29.8 Å². The van der Waals surface area contributed by atoms with Crippen molar-refractivity contribution in [1.29, 1.82) is 0 Å². The zero-order valence-corrected chi connectivity index (χ0v) is 10.7. The van der Waals surface area contributed by atoms with Crippen molar-refractivity contribution >= 4 is 0 Å². The van der Waals surface area contributed by atoms with E-state index in [1.165, 1.54) is 31.2 Å². The summed E-state index contributed by atoms with van der Waals surface area (Å²) >= 11 is 0. The molecule has 0 unspecified atom stereocenters. The highest BCUT2D eigenvalue weighted by atomic mass is 15.1. The van der Waals surface area contributed by atoms with E-state index in [0.717, 1.165) is 12.0 Å². The smallest absolute Gasteiger partial charge is 0.00896 e. The van der Waals surface area contributed by atoms with Crippen LogP contribution >= 0.6 is 0 Å². The summed E-state index contributed by atoms with van der Waals surface area (Å²) in [5.41, 5.74) is 2.91. The molecule has 0 saturated heterocycles. The fourth-order valence-electron chi connectivity index (χ4n) is 2.76. The van der Waals surface area contributed by atoms with Gasteiger partial charge < -0.3 is 4.90 Å². The Bertz CT molecular complexity index is 318. The quantitative estimate of drug-likeness (QED) is 0.732. The highest BCUT2D eigenvalue weighted by Gasteiger charge is 2.23. The van der Waals surface area contributed by atoms with Crippen LogP contribution in [0.4, 0.5) is 0 Å². The van der Waals surface area contributed by atoms with E-state index in [9.17, 15) is 0 Å². The summed E-state index contributed by atoms with van der Waals surface area (Å²) in [6.45, 7) is 2.16. The lowest BCUT2D eigenvalue weighted by atomic mass is 9.81. The van der Waals surface area contributed by atoms with Crippen molar-refractivity contribution in [2.24, 2.45) is 0 Å². The Morgan fingerprint density at radius 1 is 0.938 bits per heavy atom. The van der Waals surface area contributed by atoms with Gasteiger partial charge >= 0.3 is 0 Å². The van der Waals surface area contributed by atoms with E-state index in [2.05, 4.69) is 50.2 Å². The predicted octanol–water partition coefficient (Wildman–Crippen LogP) is 3.58. The summed E-state index contributed by atoms with van der Waals surface area (Å²) in [5.74, 6) is 0.803. The first kappa shape index (κ1) is 11.7. The van der Waals surface area contributed by atoms with Gasteiger partial charge in [-0.2, -0.15) is 0 Å². The lowest BCUT2D eigenvalue weighted by Crippen LogP contribution is -2.31. The first-order valence-electron chi connectivity index (χ1n) is 6.40. The van der Waals surface area contributed by atoms with Gasteiger partial charge in [0, 0.05) is 6.04 Å². The van der Waals surface area contributed by atoms with Crippen molar-refractivity contribution < 1.29 is 0 Å². The minimum Gasteiger partial charge on any atom is -0.306 e. The first-order valence-corrected chi connectivity index (χ1v) is 6.40. The fourth-order valence-corrected chi connectivity index (χ4v) is 2.76. The van der Waals surface area contributed by atoms with Crippen LogP contribution in [0.25, 0.3) is 0 Å². The van der Waals surface area contributed by atoms with Crippen LogP contribution < -0.4 is 0 Å². The molecular weight excluding hydrogens is 194 g/mol. The second-order valence-corrected chi connectivity index (χ2v) is 5.38. The molecule has 0 amide bonds. The number of nitrogens with zero attached hydrogens (tertiary/aromatic N) is 1. The average Bonchev–Trinajstić information content (AvgIpc) is 2.30. The lowest BCUT2D eigenvalue weighted by molar-refractivity contribution is 0.216. The summed E-state index contributed by atoms with van der Waals surface area (Å²) < 4.78 is 0. The van der Waals surface area contributed by atoms with Crippen molar-refractivity contribution in [3.05, 3.63) is 35.4 Å². The number of hydrogen-bond donors (Lipinski definition) is 0. The third kappa shape index (κ3) is 2.65. The van der Waals surface area contributed by atoms with Gasteiger partial charge in [-0.25, -0.2) is 0 Å². The highest BCUT2D eigenvalue weighted by Crippen LogP contribution is 2.34. The van der Waals surface area contributed by atoms with Crippen molar-refractivity contribution in [1.82, 2.24) is 4.90 Å². The molecule has 1 heteroatoms. The molecule has 16 heavy (non-hydrogen) atoms. The van der Waals surface area contributed by atoms with Crippen LogP contribution in [0.15, 0.2) is 24.3 Å². The van der Waals surface area contributed by atoms with Gasteiger partial charge in [0.1, 0.15) is 0 Å². The van der Waals surface area contributed by atoms with Crippen molar-refractivity contribution in [2.45, 2.75) is 44.6 Å². The SMILES string of the molecule is Cc1ccc(C2CCC(N(C)C)CC2)cc1. The summed E-state index contributed by atoms with van der Waals surface area (Å²) in [4.78, 5) is 2.38. The van der Waals surface area contributed by atoms with Crippen LogP contribution in [-0.2, 0) is 0 Å². The molecule has 1 aromatic carbocycles. The molecular formula is C15H23N. The van der Waals surface area contributed by atoms with Crippen LogP contribution in [0, 0.1) is 6.92 Å². The molecule has 0 N–H and O–H groups in total. The van der Waals surface area contributed by atoms with E-state index in [4.69, 9.17) is 0 Å². The average molecular weight is 217 g/mol. The van der Waals surface area contributed by atoms with Crippen LogP contribution in [0.1, 0.15) is 42.7 Å². The summed E-state index contributed by atoms with van der Waals surface area (Å²) in [7, 11) is 4.41. The summed E-state index contributed by atoms with van der Waals surface area (Å²) in [6.07, 6.45) is 5.41. The molecule has 0 atom stereocenters. The van der Waals surface area contributed by atoms with Crippen molar-refractivity contribution in [3.63, 3.8) is 0 Å². The maximum atomic E-state index is 2.38. The van der Waals surface area contributed by atoms with Crippen molar-refractivity contribution in [3.8, 4) is 0 Å². The zero-order valence-electron chi connectivity index (χ0n) is 10.7. The van der Waals surface area contributed by atoms with Gasteiger partial charge in [-0.05, 0) is 58.2 Å². The second-order valence-electron chi connectivity index (χ2n) is 5.38. The lowest BCUT2D eigenvalue weighted by Gasteiger charge is -2.32. The Labute approximate surface area is 99.5 Å². The normalized spacial score (nSPS) is 26.0. The van der Waals surface area contributed by atoms with E-state index in [1.807, 2.05) is 0 Å². The Morgan fingerprint density at radius 3 is 2.00 bits per heavy atom. The molecule has 0 spiro atoms. The van der Waals surface area contributed by atoms with Gasteiger partial charge in [-0.3, -0.25) is 0 Å². The first-order chi connectivity index (χ1) is 7.66. The van der Waals surface area contributed by atoms with Gasteiger partial charge in [0.05, 0.1) is 0 Å². The molecule has 2 rings (SSSR count). The van der Waals surface area contributed by atoms with Crippen LogP contribution in [0.5, 0.6) is 0 Å².